The first-order chi connectivity index (χ1) is 7.18. The zero-order valence-corrected chi connectivity index (χ0v) is 10.3. The molecule has 0 aromatic heterocycles. The van der Waals surface area contributed by atoms with Gasteiger partial charge in [0.1, 0.15) is 5.75 Å². The van der Waals surface area contributed by atoms with Crippen LogP contribution in [0.15, 0.2) is 22.7 Å². The molecule has 0 spiro atoms. The van der Waals surface area contributed by atoms with E-state index in [9.17, 15) is 5.11 Å². The maximum atomic E-state index is 9.92. The molecule has 0 atom stereocenters. The monoisotopic (exact) mass is 269 g/mol. The minimum absolute atomic E-state index is 0.00780. The van der Waals surface area contributed by atoms with Gasteiger partial charge in [0, 0.05) is 22.0 Å². The van der Waals surface area contributed by atoms with Crippen molar-refractivity contribution in [2.45, 2.75) is 31.1 Å². The second-order valence-corrected chi connectivity index (χ2v) is 5.27. The molecular formula is C12H16BrNO. The molecule has 0 aliphatic heterocycles. The minimum Gasteiger partial charge on any atom is -0.508 e. The molecular weight excluding hydrogens is 254 g/mol. The molecule has 2 rings (SSSR count). The Bertz CT molecular complexity index is 359. The number of phenols is 1. The standard InChI is InChI=1S/C12H16BrNO/c13-9-3-4-11(15)10(7-9)12(8-14)5-1-2-6-12/h3-4,7,15H,1-2,5-6,8,14H2. The third-order valence-electron chi connectivity index (χ3n) is 3.48. The van der Waals surface area contributed by atoms with E-state index >= 15 is 0 Å². The van der Waals surface area contributed by atoms with Gasteiger partial charge in [-0.15, -0.1) is 0 Å². The van der Waals surface area contributed by atoms with Gasteiger partial charge in [-0.2, -0.15) is 0 Å². The lowest BCUT2D eigenvalue weighted by atomic mass is 9.78. The molecule has 1 aromatic carbocycles. The highest BCUT2D eigenvalue weighted by Gasteiger charge is 2.36. The number of benzene rings is 1. The van der Waals surface area contributed by atoms with Crippen LogP contribution < -0.4 is 5.73 Å². The second kappa shape index (κ2) is 4.14. The van der Waals surface area contributed by atoms with E-state index in [0.29, 0.717) is 12.3 Å². The predicted molar refractivity (Wildman–Crippen MR) is 65.0 cm³/mol. The lowest BCUT2D eigenvalue weighted by Gasteiger charge is -2.28. The molecule has 3 N–H and O–H groups in total. The van der Waals surface area contributed by atoms with Crippen LogP contribution in [0.25, 0.3) is 0 Å². The molecule has 1 aliphatic rings. The van der Waals surface area contributed by atoms with Gasteiger partial charge in [-0.3, -0.25) is 0 Å². The van der Waals surface area contributed by atoms with Crippen molar-refractivity contribution in [1.82, 2.24) is 0 Å². The summed E-state index contributed by atoms with van der Waals surface area (Å²) in [5, 5.41) is 9.92. The summed E-state index contributed by atoms with van der Waals surface area (Å²) < 4.78 is 1.01. The summed E-state index contributed by atoms with van der Waals surface area (Å²) >= 11 is 3.44. The highest BCUT2D eigenvalue weighted by Crippen LogP contribution is 2.44. The Labute approximate surface area is 98.6 Å². The zero-order chi connectivity index (χ0) is 10.9. The molecule has 1 saturated carbocycles. The Morgan fingerprint density at radius 3 is 2.60 bits per heavy atom. The van der Waals surface area contributed by atoms with Crippen molar-refractivity contribution in [2.24, 2.45) is 5.73 Å². The van der Waals surface area contributed by atoms with E-state index in [1.165, 1.54) is 12.8 Å². The van der Waals surface area contributed by atoms with Crippen molar-refractivity contribution in [3.63, 3.8) is 0 Å². The van der Waals surface area contributed by atoms with Gasteiger partial charge in [-0.1, -0.05) is 28.8 Å². The van der Waals surface area contributed by atoms with Gasteiger partial charge in [0.15, 0.2) is 0 Å². The Kier molecular flexibility index (Phi) is 3.03. The third kappa shape index (κ3) is 1.91. The van der Waals surface area contributed by atoms with E-state index in [4.69, 9.17) is 5.73 Å². The van der Waals surface area contributed by atoms with Crippen molar-refractivity contribution in [1.29, 1.82) is 0 Å². The first-order valence-electron chi connectivity index (χ1n) is 5.37. The van der Waals surface area contributed by atoms with E-state index in [0.717, 1.165) is 22.9 Å². The van der Waals surface area contributed by atoms with Crippen LogP contribution in [0.2, 0.25) is 0 Å². The summed E-state index contributed by atoms with van der Waals surface area (Å²) in [5.74, 6) is 0.380. The topological polar surface area (TPSA) is 46.2 Å². The number of hydrogen-bond donors (Lipinski definition) is 2. The summed E-state index contributed by atoms with van der Waals surface area (Å²) in [6.45, 7) is 0.622. The van der Waals surface area contributed by atoms with Crippen LogP contribution in [0, 0.1) is 0 Å². The highest BCUT2D eigenvalue weighted by atomic mass is 79.9. The largest absolute Gasteiger partial charge is 0.508 e. The molecule has 0 saturated heterocycles. The lowest BCUT2D eigenvalue weighted by molar-refractivity contribution is 0.405. The molecule has 0 unspecified atom stereocenters. The molecule has 0 bridgehead atoms. The zero-order valence-electron chi connectivity index (χ0n) is 8.67. The van der Waals surface area contributed by atoms with Crippen molar-refractivity contribution >= 4 is 15.9 Å². The van der Waals surface area contributed by atoms with E-state index < -0.39 is 0 Å². The number of aromatic hydroxyl groups is 1. The molecule has 15 heavy (non-hydrogen) atoms. The molecule has 3 heteroatoms. The molecule has 1 aromatic rings. The van der Waals surface area contributed by atoms with Crippen molar-refractivity contribution in [2.75, 3.05) is 6.54 Å². The van der Waals surface area contributed by atoms with E-state index in [-0.39, 0.29) is 5.41 Å². The molecule has 82 valence electrons. The first-order valence-corrected chi connectivity index (χ1v) is 6.16. The molecule has 1 aliphatic carbocycles. The average Bonchev–Trinajstić information content (AvgIpc) is 2.71. The molecule has 0 radical (unpaired) electrons. The van der Waals surface area contributed by atoms with Gasteiger partial charge >= 0.3 is 0 Å². The average molecular weight is 270 g/mol. The summed E-state index contributed by atoms with van der Waals surface area (Å²) in [4.78, 5) is 0. The van der Waals surface area contributed by atoms with Gasteiger partial charge in [-0.05, 0) is 31.0 Å². The van der Waals surface area contributed by atoms with E-state index in [1.54, 1.807) is 6.07 Å². The fourth-order valence-corrected chi connectivity index (χ4v) is 2.93. The van der Waals surface area contributed by atoms with Crippen LogP contribution in [0.4, 0.5) is 0 Å². The summed E-state index contributed by atoms with van der Waals surface area (Å²) in [6, 6.07) is 5.61. The van der Waals surface area contributed by atoms with E-state index in [2.05, 4.69) is 15.9 Å². The number of hydrogen-bond acceptors (Lipinski definition) is 2. The quantitative estimate of drug-likeness (QED) is 0.868. The van der Waals surface area contributed by atoms with Gasteiger partial charge in [0.25, 0.3) is 0 Å². The van der Waals surface area contributed by atoms with Crippen molar-refractivity contribution in [3.05, 3.63) is 28.2 Å². The van der Waals surface area contributed by atoms with Crippen LogP contribution in [0.1, 0.15) is 31.2 Å². The Balaban J connectivity index is 2.46. The van der Waals surface area contributed by atoms with Crippen LogP contribution in [0.3, 0.4) is 0 Å². The minimum atomic E-state index is 0.00780. The van der Waals surface area contributed by atoms with E-state index in [1.807, 2.05) is 12.1 Å². The highest BCUT2D eigenvalue weighted by molar-refractivity contribution is 9.10. The van der Waals surface area contributed by atoms with Crippen molar-refractivity contribution in [3.8, 4) is 5.75 Å². The van der Waals surface area contributed by atoms with Gasteiger partial charge in [0.2, 0.25) is 0 Å². The van der Waals surface area contributed by atoms with Gasteiger partial charge in [0.05, 0.1) is 0 Å². The van der Waals surface area contributed by atoms with Crippen LogP contribution in [-0.2, 0) is 5.41 Å². The Morgan fingerprint density at radius 1 is 1.33 bits per heavy atom. The van der Waals surface area contributed by atoms with Crippen LogP contribution in [-0.4, -0.2) is 11.7 Å². The van der Waals surface area contributed by atoms with Gasteiger partial charge in [-0.25, -0.2) is 0 Å². The maximum absolute atomic E-state index is 9.92. The summed E-state index contributed by atoms with van der Waals surface area (Å²) in [5.41, 5.74) is 6.91. The van der Waals surface area contributed by atoms with Gasteiger partial charge < -0.3 is 10.8 Å². The van der Waals surface area contributed by atoms with Crippen LogP contribution in [0.5, 0.6) is 5.75 Å². The van der Waals surface area contributed by atoms with Crippen molar-refractivity contribution < 1.29 is 5.11 Å². The fourth-order valence-electron chi connectivity index (χ4n) is 2.57. The molecule has 1 fully saturated rings. The molecule has 0 heterocycles. The maximum Gasteiger partial charge on any atom is 0.119 e. The fraction of sp³-hybridized carbons (Fsp3) is 0.500. The second-order valence-electron chi connectivity index (χ2n) is 4.35. The Hall–Kier alpha value is -0.540. The number of rotatable bonds is 2. The number of phenolic OH excluding ortho intramolecular Hbond substituents is 1. The molecule has 0 amide bonds. The molecule has 2 nitrogen and oxygen atoms in total. The number of nitrogens with two attached hydrogens (primary N) is 1. The SMILES string of the molecule is NCC1(c2cc(Br)ccc2O)CCCC1. The smallest absolute Gasteiger partial charge is 0.119 e. The van der Waals surface area contributed by atoms with Crippen LogP contribution >= 0.6 is 15.9 Å². The normalized spacial score (nSPS) is 19.3. The summed E-state index contributed by atoms with van der Waals surface area (Å²) in [7, 11) is 0. The lowest BCUT2D eigenvalue weighted by Crippen LogP contribution is -2.32. The number of halogens is 1. The first kappa shape index (κ1) is 11.0. The summed E-state index contributed by atoms with van der Waals surface area (Å²) in [6.07, 6.45) is 4.60. The predicted octanol–water partition coefficient (Wildman–Crippen LogP) is 2.93. The Morgan fingerprint density at radius 2 is 2.00 bits per heavy atom. The third-order valence-corrected chi connectivity index (χ3v) is 3.97.